The summed E-state index contributed by atoms with van der Waals surface area (Å²) < 4.78 is 5.15. The molecule has 20 heavy (non-hydrogen) atoms. The highest BCUT2D eigenvalue weighted by Gasteiger charge is 2.15. The van der Waals surface area contributed by atoms with Gasteiger partial charge in [0.25, 0.3) is 0 Å². The van der Waals surface area contributed by atoms with E-state index in [-0.39, 0.29) is 18.0 Å². The lowest BCUT2D eigenvalue weighted by molar-refractivity contribution is -0.121. The van der Waals surface area contributed by atoms with Gasteiger partial charge in [0.15, 0.2) is 0 Å². The Labute approximate surface area is 122 Å². The molecule has 5 nitrogen and oxygen atoms in total. The Kier molecular flexibility index (Phi) is 9.01. The molecule has 0 aromatic carbocycles. The molecule has 0 aliphatic carbocycles. The van der Waals surface area contributed by atoms with Gasteiger partial charge in [-0.25, -0.2) is 4.79 Å². The first-order valence-electron chi connectivity index (χ1n) is 7.54. The van der Waals surface area contributed by atoms with E-state index < -0.39 is 5.60 Å². The maximum Gasteiger partial charge on any atom is 0.407 e. The van der Waals surface area contributed by atoms with Gasteiger partial charge in [0.2, 0.25) is 5.91 Å². The number of carbonyl (C=O) groups is 2. The zero-order valence-corrected chi connectivity index (χ0v) is 13.5. The summed E-state index contributed by atoms with van der Waals surface area (Å²) in [6.07, 6.45) is 3.89. The van der Waals surface area contributed by atoms with Crippen molar-refractivity contribution in [3.05, 3.63) is 0 Å². The van der Waals surface area contributed by atoms with E-state index >= 15 is 0 Å². The second kappa shape index (κ2) is 9.61. The summed E-state index contributed by atoms with van der Waals surface area (Å²) in [6.45, 7) is 10.1. The molecule has 0 saturated carbocycles. The average molecular weight is 286 g/mol. The number of hydrogen-bond donors (Lipinski definition) is 2. The maximum absolute atomic E-state index is 11.4. The number of hydrogen-bond acceptors (Lipinski definition) is 3. The summed E-state index contributed by atoms with van der Waals surface area (Å²) >= 11 is 0. The molecule has 1 unspecified atom stereocenters. The Bertz CT molecular complexity index is 298. The SMILES string of the molecule is CCC(=O)NC(CC)CCCCNC(=O)OC(C)(C)C. The summed E-state index contributed by atoms with van der Waals surface area (Å²) in [5.41, 5.74) is -0.457. The molecule has 0 radical (unpaired) electrons. The van der Waals surface area contributed by atoms with Crippen LogP contribution in [0.2, 0.25) is 0 Å². The molecule has 0 aliphatic heterocycles. The average Bonchev–Trinajstić information content (AvgIpc) is 2.34. The third-order valence-electron chi connectivity index (χ3n) is 2.83. The largest absolute Gasteiger partial charge is 0.444 e. The summed E-state index contributed by atoms with van der Waals surface area (Å²) in [5, 5.41) is 5.73. The van der Waals surface area contributed by atoms with Gasteiger partial charge in [-0.15, -0.1) is 0 Å². The minimum atomic E-state index is -0.457. The van der Waals surface area contributed by atoms with E-state index in [1.165, 1.54) is 0 Å². The number of alkyl carbamates (subject to hydrolysis) is 1. The lowest BCUT2D eigenvalue weighted by Crippen LogP contribution is -2.34. The van der Waals surface area contributed by atoms with Gasteiger partial charge in [-0.2, -0.15) is 0 Å². The van der Waals surface area contributed by atoms with Crippen LogP contribution in [0.25, 0.3) is 0 Å². The molecular weight excluding hydrogens is 256 g/mol. The van der Waals surface area contributed by atoms with Crippen LogP contribution in [0.3, 0.4) is 0 Å². The minimum absolute atomic E-state index is 0.101. The third kappa shape index (κ3) is 10.6. The molecule has 2 amide bonds. The van der Waals surface area contributed by atoms with Gasteiger partial charge in [0, 0.05) is 19.0 Å². The Morgan fingerprint density at radius 3 is 2.30 bits per heavy atom. The number of ether oxygens (including phenoxy) is 1. The highest BCUT2D eigenvalue weighted by Crippen LogP contribution is 2.07. The quantitative estimate of drug-likeness (QED) is 0.674. The van der Waals surface area contributed by atoms with Crippen LogP contribution in [0.4, 0.5) is 4.79 Å². The molecule has 0 aromatic heterocycles. The van der Waals surface area contributed by atoms with Crippen molar-refractivity contribution in [3.8, 4) is 0 Å². The fourth-order valence-electron chi connectivity index (χ4n) is 1.73. The second-order valence-corrected chi connectivity index (χ2v) is 5.95. The summed E-state index contributed by atoms with van der Waals surface area (Å²) in [6, 6.07) is 0.240. The first-order chi connectivity index (χ1) is 9.28. The van der Waals surface area contributed by atoms with Crippen molar-refractivity contribution < 1.29 is 14.3 Å². The van der Waals surface area contributed by atoms with E-state index in [1.54, 1.807) is 0 Å². The van der Waals surface area contributed by atoms with E-state index in [9.17, 15) is 9.59 Å². The topological polar surface area (TPSA) is 67.4 Å². The zero-order chi connectivity index (χ0) is 15.6. The molecule has 0 aliphatic rings. The van der Waals surface area contributed by atoms with Crippen molar-refractivity contribution in [1.29, 1.82) is 0 Å². The fraction of sp³-hybridized carbons (Fsp3) is 0.867. The molecule has 2 N–H and O–H groups in total. The molecule has 0 heterocycles. The molecule has 0 bridgehead atoms. The number of amides is 2. The van der Waals surface area contributed by atoms with Gasteiger partial charge in [-0.3, -0.25) is 4.79 Å². The summed E-state index contributed by atoms with van der Waals surface area (Å²) in [7, 11) is 0. The molecular formula is C15H30N2O3. The molecule has 0 spiro atoms. The Morgan fingerprint density at radius 1 is 1.15 bits per heavy atom. The van der Waals surface area contributed by atoms with Gasteiger partial charge < -0.3 is 15.4 Å². The van der Waals surface area contributed by atoms with Crippen molar-refractivity contribution in [2.75, 3.05) is 6.54 Å². The van der Waals surface area contributed by atoms with Crippen LogP contribution in [-0.4, -0.2) is 30.2 Å². The number of nitrogens with one attached hydrogen (secondary N) is 2. The molecule has 118 valence electrons. The van der Waals surface area contributed by atoms with E-state index in [2.05, 4.69) is 17.6 Å². The highest BCUT2D eigenvalue weighted by atomic mass is 16.6. The summed E-state index contributed by atoms with van der Waals surface area (Å²) in [4.78, 5) is 22.7. The third-order valence-corrected chi connectivity index (χ3v) is 2.83. The normalized spacial score (nSPS) is 12.7. The monoisotopic (exact) mass is 286 g/mol. The van der Waals surface area contributed by atoms with Gasteiger partial charge in [-0.1, -0.05) is 13.8 Å². The Balaban J connectivity index is 3.69. The van der Waals surface area contributed by atoms with E-state index in [4.69, 9.17) is 4.74 Å². The van der Waals surface area contributed by atoms with E-state index in [0.29, 0.717) is 13.0 Å². The molecule has 0 rings (SSSR count). The maximum atomic E-state index is 11.4. The first-order valence-corrected chi connectivity index (χ1v) is 7.54. The molecule has 0 aromatic rings. The van der Waals surface area contributed by atoms with Crippen LogP contribution in [0, 0.1) is 0 Å². The lowest BCUT2D eigenvalue weighted by Gasteiger charge is -2.20. The predicted octanol–water partition coefficient (Wildman–Crippen LogP) is 2.99. The lowest BCUT2D eigenvalue weighted by atomic mass is 10.1. The molecule has 5 heteroatoms. The van der Waals surface area contributed by atoms with Crippen molar-refractivity contribution in [2.45, 2.75) is 78.4 Å². The van der Waals surface area contributed by atoms with Crippen LogP contribution in [0.1, 0.15) is 66.7 Å². The van der Waals surface area contributed by atoms with Crippen LogP contribution in [-0.2, 0) is 9.53 Å². The predicted molar refractivity (Wildman–Crippen MR) is 80.6 cm³/mol. The smallest absolute Gasteiger partial charge is 0.407 e. The van der Waals surface area contributed by atoms with Crippen LogP contribution < -0.4 is 10.6 Å². The number of rotatable bonds is 8. The van der Waals surface area contributed by atoms with Crippen LogP contribution >= 0.6 is 0 Å². The van der Waals surface area contributed by atoms with Crippen molar-refractivity contribution in [1.82, 2.24) is 10.6 Å². The zero-order valence-electron chi connectivity index (χ0n) is 13.5. The van der Waals surface area contributed by atoms with Gasteiger partial charge in [0.1, 0.15) is 5.60 Å². The Hall–Kier alpha value is -1.26. The minimum Gasteiger partial charge on any atom is -0.444 e. The van der Waals surface area contributed by atoms with Crippen molar-refractivity contribution in [3.63, 3.8) is 0 Å². The summed E-state index contributed by atoms with van der Waals surface area (Å²) in [5.74, 6) is 0.101. The molecule has 1 atom stereocenters. The number of carbonyl (C=O) groups excluding carboxylic acids is 2. The molecule has 0 saturated heterocycles. The standard InChI is InChI=1S/C15H30N2O3/c1-6-12(17-13(18)7-2)10-8-9-11-16-14(19)20-15(3,4)5/h12H,6-11H2,1-5H3,(H,16,19)(H,17,18). The first kappa shape index (κ1) is 18.7. The fourth-order valence-corrected chi connectivity index (χ4v) is 1.73. The Morgan fingerprint density at radius 2 is 1.80 bits per heavy atom. The van der Waals surface area contributed by atoms with Crippen molar-refractivity contribution >= 4 is 12.0 Å². The van der Waals surface area contributed by atoms with E-state index in [1.807, 2.05) is 27.7 Å². The number of unbranched alkanes of at least 4 members (excludes halogenated alkanes) is 1. The van der Waals surface area contributed by atoms with Crippen LogP contribution in [0.15, 0.2) is 0 Å². The molecule has 0 fully saturated rings. The van der Waals surface area contributed by atoms with E-state index in [0.717, 1.165) is 25.7 Å². The van der Waals surface area contributed by atoms with Crippen LogP contribution in [0.5, 0.6) is 0 Å². The second-order valence-electron chi connectivity index (χ2n) is 5.95. The van der Waals surface area contributed by atoms with Gasteiger partial charge >= 0.3 is 6.09 Å². The van der Waals surface area contributed by atoms with Gasteiger partial charge in [-0.05, 0) is 46.5 Å². The van der Waals surface area contributed by atoms with Gasteiger partial charge in [0.05, 0.1) is 0 Å². The van der Waals surface area contributed by atoms with Crippen molar-refractivity contribution in [2.24, 2.45) is 0 Å². The highest BCUT2D eigenvalue weighted by molar-refractivity contribution is 5.75.